The number of carbonyl (C=O) groups is 1. The van der Waals surface area contributed by atoms with E-state index in [2.05, 4.69) is 17.2 Å². The van der Waals surface area contributed by atoms with Crippen molar-refractivity contribution in [3.05, 3.63) is 16.1 Å². The van der Waals surface area contributed by atoms with Gasteiger partial charge in [0.1, 0.15) is 0 Å². The molecule has 0 saturated heterocycles. The van der Waals surface area contributed by atoms with E-state index in [1.54, 1.807) is 30.3 Å². The molecule has 0 aliphatic heterocycles. The lowest BCUT2D eigenvalue weighted by molar-refractivity contribution is -0.128. The lowest BCUT2D eigenvalue weighted by Gasteiger charge is -2.09. The van der Waals surface area contributed by atoms with Crippen LogP contribution in [-0.4, -0.2) is 36.4 Å². The van der Waals surface area contributed by atoms with Gasteiger partial charge in [-0.1, -0.05) is 6.92 Å². The van der Waals surface area contributed by atoms with Crippen molar-refractivity contribution in [3.63, 3.8) is 0 Å². The maximum absolute atomic E-state index is 11.3. The minimum atomic E-state index is 0.158. The number of amides is 1. The highest BCUT2D eigenvalue weighted by atomic mass is 32.1. The van der Waals surface area contributed by atoms with E-state index in [-0.39, 0.29) is 5.91 Å². The van der Waals surface area contributed by atoms with E-state index < -0.39 is 0 Å². The zero-order chi connectivity index (χ0) is 12.0. The van der Waals surface area contributed by atoms with E-state index in [1.165, 1.54) is 9.88 Å². The lowest BCUT2D eigenvalue weighted by Crippen LogP contribution is -2.26. The topological polar surface area (TPSA) is 45.2 Å². The van der Waals surface area contributed by atoms with E-state index in [9.17, 15) is 4.79 Å². The maximum Gasteiger partial charge on any atom is 0.223 e. The monoisotopic (exact) mass is 241 g/mol. The Balaban J connectivity index is 2.18. The van der Waals surface area contributed by atoms with Crippen LogP contribution in [0.4, 0.5) is 0 Å². The number of aryl methyl sites for hydroxylation is 1. The van der Waals surface area contributed by atoms with Gasteiger partial charge in [0.25, 0.3) is 0 Å². The summed E-state index contributed by atoms with van der Waals surface area (Å²) in [6, 6.07) is 0. The van der Waals surface area contributed by atoms with Crippen molar-refractivity contribution in [2.24, 2.45) is 0 Å². The maximum atomic E-state index is 11.3. The highest BCUT2D eigenvalue weighted by Gasteiger charge is 2.03. The number of nitrogens with zero attached hydrogens (tertiary/aromatic N) is 2. The van der Waals surface area contributed by atoms with Gasteiger partial charge in [-0.25, -0.2) is 4.98 Å². The highest BCUT2D eigenvalue weighted by Crippen LogP contribution is 2.12. The summed E-state index contributed by atoms with van der Waals surface area (Å²) in [4.78, 5) is 18.4. The predicted octanol–water partition coefficient (Wildman–Crippen LogP) is 1.27. The summed E-state index contributed by atoms with van der Waals surface area (Å²) in [5, 5.41) is 4.42. The molecular weight excluding hydrogens is 222 g/mol. The molecule has 1 aromatic rings. The van der Waals surface area contributed by atoms with Gasteiger partial charge in [-0.2, -0.15) is 0 Å². The Morgan fingerprint density at radius 2 is 2.31 bits per heavy atom. The largest absolute Gasteiger partial charge is 0.349 e. The number of carbonyl (C=O) groups excluding carboxylic acids is 1. The van der Waals surface area contributed by atoms with Crippen molar-refractivity contribution in [1.29, 1.82) is 0 Å². The number of aromatic nitrogens is 1. The van der Waals surface area contributed by atoms with Crippen LogP contribution in [0.2, 0.25) is 0 Å². The fourth-order valence-electron chi connectivity index (χ4n) is 1.22. The molecule has 16 heavy (non-hydrogen) atoms. The first-order valence-electron chi connectivity index (χ1n) is 5.48. The van der Waals surface area contributed by atoms with Gasteiger partial charge in [0.2, 0.25) is 5.91 Å². The zero-order valence-corrected chi connectivity index (χ0v) is 10.9. The second-order valence-electron chi connectivity index (χ2n) is 3.79. The number of hydrogen-bond acceptors (Lipinski definition) is 4. The zero-order valence-electron chi connectivity index (χ0n) is 10.1. The van der Waals surface area contributed by atoms with Crippen LogP contribution in [0.1, 0.15) is 23.2 Å². The van der Waals surface area contributed by atoms with Gasteiger partial charge < -0.3 is 10.2 Å². The molecule has 0 unspecified atom stereocenters. The molecule has 1 aromatic heterocycles. The Bertz CT molecular complexity index is 336. The quantitative estimate of drug-likeness (QED) is 0.763. The number of nitrogens with one attached hydrogen (secondary N) is 1. The van der Waals surface area contributed by atoms with Crippen molar-refractivity contribution >= 4 is 17.2 Å². The van der Waals surface area contributed by atoms with Crippen LogP contribution >= 0.6 is 11.3 Å². The molecule has 1 amide bonds. The first kappa shape index (κ1) is 13.1. The van der Waals surface area contributed by atoms with Crippen molar-refractivity contribution in [3.8, 4) is 0 Å². The molecule has 0 atom stereocenters. The predicted molar refractivity (Wildman–Crippen MR) is 66.5 cm³/mol. The van der Waals surface area contributed by atoms with E-state index >= 15 is 0 Å². The number of hydrogen-bond donors (Lipinski definition) is 1. The SMILES string of the molecule is CCc1ncc(CNCCC(=O)N(C)C)s1. The van der Waals surface area contributed by atoms with Crippen molar-refractivity contribution in [2.75, 3.05) is 20.6 Å². The molecule has 5 heteroatoms. The fraction of sp³-hybridized carbons (Fsp3) is 0.636. The number of rotatable bonds is 6. The van der Waals surface area contributed by atoms with Gasteiger partial charge in [-0.3, -0.25) is 4.79 Å². The van der Waals surface area contributed by atoms with Gasteiger partial charge in [-0.05, 0) is 6.42 Å². The third kappa shape index (κ3) is 4.28. The van der Waals surface area contributed by atoms with Crippen LogP contribution in [0.15, 0.2) is 6.20 Å². The summed E-state index contributed by atoms with van der Waals surface area (Å²) >= 11 is 1.73. The van der Waals surface area contributed by atoms with Gasteiger partial charge in [0, 0.05) is 44.7 Å². The molecule has 0 fully saturated rings. The van der Waals surface area contributed by atoms with E-state index in [0.29, 0.717) is 6.42 Å². The molecule has 0 aliphatic rings. The van der Waals surface area contributed by atoms with Gasteiger partial charge in [-0.15, -0.1) is 11.3 Å². The normalized spacial score (nSPS) is 10.4. The van der Waals surface area contributed by atoms with E-state index in [0.717, 1.165) is 19.5 Å². The molecule has 0 bridgehead atoms. The molecule has 0 aromatic carbocycles. The second kappa shape index (κ2) is 6.60. The Morgan fingerprint density at radius 1 is 1.56 bits per heavy atom. The molecule has 0 aliphatic carbocycles. The summed E-state index contributed by atoms with van der Waals surface area (Å²) < 4.78 is 0. The summed E-state index contributed by atoms with van der Waals surface area (Å²) in [7, 11) is 3.55. The molecule has 0 saturated carbocycles. The van der Waals surface area contributed by atoms with Crippen LogP contribution in [0, 0.1) is 0 Å². The van der Waals surface area contributed by atoms with E-state index in [1.807, 2.05) is 6.20 Å². The first-order chi connectivity index (χ1) is 7.63. The molecule has 0 radical (unpaired) electrons. The first-order valence-corrected chi connectivity index (χ1v) is 6.29. The third-order valence-electron chi connectivity index (χ3n) is 2.22. The van der Waals surface area contributed by atoms with Gasteiger partial charge in [0.05, 0.1) is 5.01 Å². The lowest BCUT2D eigenvalue weighted by atomic mass is 10.4. The highest BCUT2D eigenvalue weighted by molar-refractivity contribution is 7.11. The fourth-order valence-corrected chi connectivity index (χ4v) is 2.06. The smallest absolute Gasteiger partial charge is 0.223 e. The Hall–Kier alpha value is -0.940. The summed E-state index contributed by atoms with van der Waals surface area (Å²) in [5.41, 5.74) is 0. The Labute approximate surface area is 101 Å². The summed E-state index contributed by atoms with van der Waals surface area (Å²) in [5.74, 6) is 0.158. The second-order valence-corrected chi connectivity index (χ2v) is 4.99. The minimum Gasteiger partial charge on any atom is -0.349 e. The van der Waals surface area contributed by atoms with Crippen LogP contribution < -0.4 is 5.32 Å². The Morgan fingerprint density at radius 3 is 2.88 bits per heavy atom. The molecule has 0 spiro atoms. The van der Waals surface area contributed by atoms with Crippen LogP contribution in [0.5, 0.6) is 0 Å². The molecule has 4 nitrogen and oxygen atoms in total. The van der Waals surface area contributed by atoms with Crippen LogP contribution in [0.25, 0.3) is 0 Å². The summed E-state index contributed by atoms with van der Waals surface area (Å²) in [6.07, 6.45) is 3.44. The molecule has 1 heterocycles. The minimum absolute atomic E-state index is 0.158. The van der Waals surface area contributed by atoms with Crippen LogP contribution in [0.3, 0.4) is 0 Å². The van der Waals surface area contributed by atoms with Gasteiger partial charge >= 0.3 is 0 Å². The van der Waals surface area contributed by atoms with Crippen molar-refractivity contribution < 1.29 is 4.79 Å². The standard InChI is InChI=1S/C11H19N3OS/c1-4-10-13-8-9(16-10)7-12-6-5-11(15)14(2)3/h8,12H,4-7H2,1-3H3. The average molecular weight is 241 g/mol. The molecular formula is C11H19N3OS. The average Bonchev–Trinajstić information content (AvgIpc) is 2.71. The molecule has 1 N–H and O–H groups in total. The Kier molecular flexibility index (Phi) is 5.42. The van der Waals surface area contributed by atoms with Crippen molar-refractivity contribution in [2.45, 2.75) is 26.3 Å². The van der Waals surface area contributed by atoms with Gasteiger partial charge in [0.15, 0.2) is 0 Å². The molecule has 1 rings (SSSR count). The number of thiazole rings is 1. The van der Waals surface area contributed by atoms with Crippen LogP contribution in [-0.2, 0) is 17.8 Å². The van der Waals surface area contributed by atoms with Crippen molar-refractivity contribution in [1.82, 2.24) is 15.2 Å². The molecule has 90 valence electrons. The third-order valence-corrected chi connectivity index (χ3v) is 3.36. The summed E-state index contributed by atoms with van der Waals surface area (Å²) in [6.45, 7) is 3.63. The van der Waals surface area contributed by atoms with E-state index in [4.69, 9.17) is 0 Å².